The van der Waals surface area contributed by atoms with Crippen molar-refractivity contribution in [3.63, 3.8) is 0 Å². The molecule has 2 nitrogen and oxygen atoms in total. The van der Waals surface area contributed by atoms with Crippen molar-refractivity contribution >= 4 is 63.3 Å². The summed E-state index contributed by atoms with van der Waals surface area (Å²) in [6.45, 7) is 1.98. The van der Waals surface area contributed by atoms with E-state index in [0.29, 0.717) is 5.75 Å². The molecule has 0 atom stereocenters. The average molecular weight is 196 g/mol. The van der Waals surface area contributed by atoms with E-state index < -0.39 is 0 Å². The van der Waals surface area contributed by atoms with Crippen LogP contribution in [-0.2, 0) is 11.9 Å². The maximum atomic E-state index is 9.93. The third-order valence-electron chi connectivity index (χ3n) is 1.16. The van der Waals surface area contributed by atoms with Crippen molar-refractivity contribution < 1.29 is 8.39 Å². The molecule has 11 heavy (non-hydrogen) atoms. The fraction of sp³-hybridized carbons (Fsp3) is 0.143. The molecule has 0 aliphatic heterocycles. The van der Waals surface area contributed by atoms with Crippen LogP contribution in [0.5, 0.6) is 5.75 Å². The van der Waals surface area contributed by atoms with Gasteiger partial charge >= 0.3 is 51.4 Å². The van der Waals surface area contributed by atoms with Gasteiger partial charge in [0.2, 0.25) is 0 Å². The molecule has 0 fully saturated rings. The molecule has 1 aromatic rings. The van der Waals surface area contributed by atoms with E-state index in [4.69, 9.17) is 0 Å². The van der Waals surface area contributed by atoms with Crippen molar-refractivity contribution in [1.82, 2.24) is 0 Å². The van der Waals surface area contributed by atoms with Gasteiger partial charge in [-0.3, -0.25) is 0 Å². The fourth-order valence-electron chi connectivity index (χ4n) is 0.642. The molecule has 4 heteroatoms. The van der Waals surface area contributed by atoms with E-state index in [-0.39, 0.29) is 63.3 Å². The summed E-state index contributed by atoms with van der Waals surface area (Å²) < 4.78 is 14.6. The van der Waals surface area contributed by atoms with Crippen LogP contribution in [-0.4, -0.2) is 55.6 Å². The van der Waals surface area contributed by atoms with Crippen LogP contribution in [0.15, 0.2) is 24.3 Å². The van der Waals surface area contributed by atoms with E-state index in [1.54, 1.807) is 12.1 Å². The van der Waals surface area contributed by atoms with Crippen LogP contribution in [0.3, 0.4) is 0 Å². The van der Waals surface area contributed by atoms with E-state index in [2.05, 4.69) is 4.18 Å². The standard InChI is InChI=1S/C7H8O2S.K.H/c1-6-2-4-7(5-3-6)9-10-8;;/h2-5,10H,1H3;;. The van der Waals surface area contributed by atoms with Gasteiger partial charge in [0.1, 0.15) is 5.75 Å². The Morgan fingerprint density at radius 1 is 1.27 bits per heavy atom. The first-order valence-electron chi connectivity index (χ1n) is 2.89. The molecule has 0 heterocycles. The van der Waals surface area contributed by atoms with Crippen molar-refractivity contribution in [3.05, 3.63) is 29.8 Å². The van der Waals surface area contributed by atoms with Crippen molar-refractivity contribution in [1.29, 1.82) is 0 Å². The predicted molar refractivity (Wildman–Crippen MR) is 48.5 cm³/mol. The molecule has 0 aromatic heterocycles. The minimum atomic E-state index is -0.304. The Bertz CT molecular complexity index is 222. The zero-order valence-corrected chi connectivity index (χ0v) is 6.47. The Balaban J connectivity index is 0.000001000. The number of aryl methyl sites for hydroxylation is 1. The molecule has 0 N–H and O–H groups in total. The molecule has 0 spiro atoms. The predicted octanol–water partition coefficient (Wildman–Crippen LogP) is 0.586. The zero-order valence-electron chi connectivity index (χ0n) is 5.57. The normalized spacial score (nSPS) is 8.45. The Morgan fingerprint density at radius 3 is 2.27 bits per heavy atom. The van der Waals surface area contributed by atoms with Gasteiger partial charge in [-0.2, -0.15) is 0 Å². The first-order chi connectivity index (χ1) is 4.83. The SMILES string of the molecule is Cc1ccc(O[SH]=O)cc1.[KH]. The molecule has 0 unspecified atom stereocenters. The quantitative estimate of drug-likeness (QED) is 0.553. The molecule has 0 amide bonds. The Morgan fingerprint density at radius 2 is 1.82 bits per heavy atom. The summed E-state index contributed by atoms with van der Waals surface area (Å²) in [5.74, 6) is 0.627. The van der Waals surface area contributed by atoms with Gasteiger partial charge < -0.3 is 4.18 Å². The van der Waals surface area contributed by atoms with Crippen LogP contribution in [0, 0.1) is 6.92 Å². The summed E-state index contributed by atoms with van der Waals surface area (Å²) in [4.78, 5) is 0. The number of hydrogen-bond acceptors (Lipinski definition) is 2. The molecule has 0 aliphatic carbocycles. The van der Waals surface area contributed by atoms with Crippen molar-refractivity contribution in [2.75, 3.05) is 0 Å². The third kappa shape index (κ3) is 4.40. The van der Waals surface area contributed by atoms with Crippen LogP contribution in [0.1, 0.15) is 5.56 Å². The van der Waals surface area contributed by atoms with E-state index >= 15 is 0 Å². The molecular formula is C7H9KO2S. The van der Waals surface area contributed by atoms with Gasteiger partial charge in [0.05, 0.1) is 0 Å². The summed E-state index contributed by atoms with van der Waals surface area (Å²) in [6, 6.07) is 7.36. The summed E-state index contributed by atoms with van der Waals surface area (Å²) in [5.41, 5.74) is 1.16. The van der Waals surface area contributed by atoms with Crippen molar-refractivity contribution in [2.45, 2.75) is 6.92 Å². The van der Waals surface area contributed by atoms with E-state index in [1.807, 2.05) is 19.1 Å². The van der Waals surface area contributed by atoms with Gasteiger partial charge in [-0.25, -0.2) is 4.21 Å². The summed E-state index contributed by atoms with van der Waals surface area (Å²) in [7, 11) is 0. The molecule has 56 valence electrons. The van der Waals surface area contributed by atoms with Gasteiger partial charge in [0, 0.05) is 0 Å². The zero-order chi connectivity index (χ0) is 7.40. The van der Waals surface area contributed by atoms with Crippen LogP contribution >= 0.6 is 0 Å². The van der Waals surface area contributed by atoms with Gasteiger partial charge in [0.25, 0.3) is 0 Å². The summed E-state index contributed by atoms with van der Waals surface area (Å²) >= 11 is -0.304. The second kappa shape index (κ2) is 6.34. The second-order valence-electron chi connectivity index (χ2n) is 1.98. The number of rotatable bonds is 2. The number of hydrogen-bond donors (Lipinski definition) is 1. The van der Waals surface area contributed by atoms with Crippen LogP contribution in [0.2, 0.25) is 0 Å². The molecule has 0 radical (unpaired) electrons. The molecule has 1 aromatic carbocycles. The average Bonchev–Trinajstić information content (AvgIpc) is 1.95. The Labute approximate surface area is 112 Å². The van der Waals surface area contributed by atoms with E-state index in [1.165, 1.54) is 0 Å². The van der Waals surface area contributed by atoms with Gasteiger partial charge in [-0.05, 0) is 19.1 Å². The van der Waals surface area contributed by atoms with Crippen LogP contribution in [0.25, 0.3) is 0 Å². The molecule has 0 saturated heterocycles. The van der Waals surface area contributed by atoms with Gasteiger partial charge in [0.15, 0.2) is 11.9 Å². The number of benzene rings is 1. The fourth-order valence-corrected chi connectivity index (χ4v) is 0.850. The van der Waals surface area contributed by atoms with Crippen LogP contribution < -0.4 is 4.18 Å². The molecule has 0 bridgehead atoms. The second-order valence-corrected chi connectivity index (χ2v) is 2.31. The Kier molecular flexibility index (Phi) is 6.80. The maximum absolute atomic E-state index is 9.93. The molecular weight excluding hydrogens is 187 g/mol. The monoisotopic (exact) mass is 196 g/mol. The Hall–Kier alpha value is 0.806. The minimum absolute atomic E-state index is 0. The first-order valence-corrected chi connectivity index (χ1v) is 3.62. The van der Waals surface area contributed by atoms with Gasteiger partial charge in [-0.1, -0.05) is 17.7 Å². The molecule has 1 rings (SSSR count). The molecule has 0 aliphatic rings. The van der Waals surface area contributed by atoms with Crippen LogP contribution in [0.4, 0.5) is 0 Å². The number of thiol groups is 1. The van der Waals surface area contributed by atoms with Gasteiger partial charge in [-0.15, -0.1) is 0 Å². The van der Waals surface area contributed by atoms with E-state index in [9.17, 15) is 4.21 Å². The summed E-state index contributed by atoms with van der Waals surface area (Å²) in [5, 5.41) is 0. The first kappa shape index (κ1) is 11.8. The molecule has 0 saturated carbocycles. The third-order valence-corrected chi connectivity index (χ3v) is 1.45. The van der Waals surface area contributed by atoms with Crippen molar-refractivity contribution in [2.24, 2.45) is 0 Å². The van der Waals surface area contributed by atoms with Crippen molar-refractivity contribution in [3.8, 4) is 5.75 Å². The topological polar surface area (TPSA) is 26.3 Å². The van der Waals surface area contributed by atoms with E-state index in [0.717, 1.165) is 5.56 Å². The summed E-state index contributed by atoms with van der Waals surface area (Å²) in [6.07, 6.45) is 0.